The van der Waals surface area contributed by atoms with Gasteiger partial charge in [-0.1, -0.05) is 31.9 Å². The molecule has 5 nitrogen and oxygen atoms in total. The van der Waals surface area contributed by atoms with Crippen LogP contribution < -0.4 is 16.2 Å². The highest BCUT2D eigenvalue weighted by molar-refractivity contribution is 9.10. The lowest BCUT2D eigenvalue weighted by Gasteiger charge is -2.13. The van der Waals surface area contributed by atoms with Crippen LogP contribution in [0.5, 0.6) is 5.75 Å². The van der Waals surface area contributed by atoms with Gasteiger partial charge in [-0.05, 0) is 42.5 Å². The van der Waals surface area contributed by atoms with Gasteiger partial charge in [-0.25, -0.2) is 0 Å². The molecule has 0 amide bonds. The summed E-state index contributed by atoms with van der Waals surface area (Å²) in [7, 11) is 1.74. The van der Waals surface area contributed by atoms with Crippen LogP contribution in [0.15, 0.2) is 51.4 Å². The van der Waals surface area contributed by atoms with E-state index in [9.17, 15) is 0 Å². The molecular weight excluding hydrogens is 508 g/mol. The summed E-state index contributed by atoms with van der Waals surface area (Å²) in [4.78, 5) is 0. The van der Waals surface area contributed by atoms with E-state index in [4.69, 9.17) is 16.2 Å². The average Bonchev–Trinajstić information content (AvgIpc) is 3.20. The third-order valence-corrected chi connectivity index (χ3v) is 6.74. The van der Waals surface area contributed by atoms with E-state index in [0.29, 0.717) is 26.2 Å². The number of aromatic nitrogens is 2. The van der Waals surface area contributed by atoms with E-state index < -0.39 is 0 Å². The van der Waals surface area contributed by atoms with Crippen LogP contribution in [-0.2, 0) is 13.1 Å². The number of benzene rings is 3. The Kier molecular flexibility index (Phi) is 5.01. The number of halogens is 2. The van der Waals surface area contributed by atoms with Crippen LogP contribution in [0.2, 0.25) is 0 Å². The maximum atomic E-state index is 6.09. The number of nitrogens with two attached hydrogens (primary N) is 2. The van der Waals surface area contributed by atoms with E-state index >= 15 is 0 Å². The molecule has 0 unspecified atom stereocenters. The normalized spacial score (nSPS) is 12.0. The van der Waals surface area contributed by atoms with E-state index in [-0.39, 0.29) is 0 Å². The van der Waals surface area contributed by atoms with Crippen molar-refractivity contribution in [2.75, 3.05) is 20.2 Å². The molecule has 0 atom stereocenters. The molecule has 2 heterocycles. The zero-order valence-corrected chi connectivity index (χ0v) is 19.8. The summed E-state index contributed by atoms with van der Waals surface area (Å²) in [5.74, 6) is 0.865. The van der Waals surface area contributed by atoms with Gasteiger partial charge in [-0.2, -0.15) is 0 Å². The Morgan fingerprint density at radius 1 is 0.733 bits per heavy atom. The molecule has 0 saturated heterocycles. The Hall–Kier alpha value is -2.06. The fourth-order valence-electron chi connectivity index (χ4n) is 4.66. The Morgan fingerprint density at radius 3 is 1.60 bits per heavy atom. The topological polar surface area (TPSA) is 71.1 Å². The highest BCUT2D eigenvalue weighted by atomic mass is 79.9. The monoisotopic (exact) mass is 528 g/mol. The van der Waals surface area contributed by atoms with Gasteiger partial charge in [0, 0.05) is 67.7 Å². The third kappa shape index (κ3) is 2.80. The van der Waals surface area contributed by atoms with Crippen molar-refractivity contribution in [2.45, 2.75) is 13.1 Å². The van der Waals surface area contributed by atoms with E-state index in [1.165, 1.54) is 10.8 Å². The summed E-state index contributed by atoms with van der Waals surface area (Å²) in [6.45, 7) is 2.53. The van der Waals surface area contributed by atoms with Gasteiger partial charge >= 0.3 is 0 Å². The Bertz CT molecular complexity index is 1330. The fourth-order valence-corrected chi connectivity index (χ4v) is 5.38. The van der Waals surface area contributed by atoms with Gasteiger partial charge in [0.05, 0.1) is 18.1 Å². The number of hydrogen-bond acceptors (Lipinski definition) is 3. The summed E-state index contributed by atoms with van der Waals surface area (Å²) >= 11 is 7.27. The van der Waals surface area contributed by atoms with Crippen LogP contribution >= 0.6 is 31.9 Å². The van der Waals surface area contributed by atoms with E-state index in [1.807, 2.05) is 0 Å². The van der Waals surface area contributed by atoms with Crippen molar-refractivity contribution in [3.63, 3.8) is 0 Å². The molecule has 4 N–H and O–H groups in total. The van der Waals surface area contributed by atoms with E-state index in [0.717, 1.165) is 47.5 Å². The average molecular weight is 530 g/mol. The Labute approximate surface area is 190 Å². The van der Waals surface area contributed by atoms with Crippen molar-refractivity contribution in [1.82, 2.24) is 9.13 Å². The zero-order chi connectivity index (χ0) is 21.0. The Balaban J connectivity index is 2.07. The number of ether oxygens (including phenoxy) is 1. The predicted octanol–water partition coefficient (Wildman–Crippen LogP) is 5.35. The molecule has 0 aliphatic heterocycles. The number of nitrogens with zero attached hydrogens (tertiary/aromatic N) is 2. The minimum Gasteiger partial charge on any atom is -0.492 e. The minimum absolute atomic E-state index is 0.550. The molecule has 0 aliphatic carbocycles. The van der Waals surface area contributed by atoms with Gasteiger partial charge < -0.3 is 25.3 Å². The van der Waals surface area contributed by atoms with E-state index in [2.05, 4.69) is 83.5 Å². The summed E-state index contributed by atoms with van der Waals surface area (Å²) in [5, 5.41) is 4.69. The van der Waals surface area contributed by atoms with Gasteiger partial charge in [0.2, 0.25) is 0 Å². The molecule has 30 heavy (non-hydrogen) atoms. The van der Waals surface area contributed by atoms with Crippen LogP contribution in [0.4, 0.5) is 0 Å². The standard InChI is InChI=1S/C23H22Br2N4O/c1-30-23-21-17(15-10-13(24)2-4-19(15)28(21)8-6-26)12-18-16-11-14(25)3-5-20(16)29(9-7-27)22(18)23/h2-5,10-12H,6-9,26-27H2,1H3. The second kappa shape index (κ2) is 7.57. The number of hydrogen-bond donors (Lipinski definition) is 2. The molecule has 0 fully saturated rings. The second-order valence-corrected chi connectivity index (χ2v) is 9.24. The molecule has 5 rings (SSSR count). The molecule has 0 aliphatic rings. The van der Waals surface area contributed by atoms with Crippen LogP contribution in [0.1, 0.15) is 0 Å². The van der Waals surface area contributed by atoms with Gasteiger partial charge in [0.15, 0.2) is 5.75 Å². The maximum Gasteiger partial charge on any atom is 0.167 e. The highest BCUT2D eigenvalue weighted by Crippen LogP contribution is 2.44. The molecule has 0 radical (unpaired) electrons. The lowest BCUT2D eigenvalue weighted by Crippen LogP contribution is -2.11. The van der Waals surface area contributed by atoms with E-state index in [1.54, 1.807) is 7.11 Å². The number of fused-ring (bicyclic) bond motifs is 6. The summed E-state index contributed by atoms with van der Waals surface area (Å²) in [5.41, 5.74) is 16.4. The molecule has 5 aromatic rings. The zero-order valence-electron chi connectivity index (χ0n) is 16.6. The van der Waals surface area contributed by atoms with Crippen molar-refractivity contribution < 1.29 is 4.74 Å². The van der Waals surface area contributed by atoms with Crippen LogP contribution in [0.25, 0.3) is 43.6 Å². The first kappa shape index (κ1) is 19.9. The first-order valence-electron chi connectivity index (χ1n) is 9.89. The minimum atomic E-state index is 0.550. The lowest BCUT2D eigenvalue weighted by atomic mass is 10.1. The molecule has 0 bridgehead atoms. The molecule has 154 valence electrons. The number of methoxy groups -OCH3 is 1. The third-order valence-electron chi connectivity index (χ3n) is 5.76. The second-order valence-electron chi connectivity index (χ2n) is 7.41. The van der Waals surface area contributed by atoms with Crippen molar-refractivity contribution in [1.29, 1.82) is 0 Å². The largest absolute Gasteiger partial charge is 0.492 e. The van der Waals surface area contributed by atoms with Crippen LogP contribution in [-0.4, -0.2) is 29.3 Å². The van der Waals surface area contributed by atoms with Crippen LogP contribution in [0, 0.1) is 0 Å². The maximum absolute atomic E-state index is 6.09. The molecule has 7 heteroatoms. The van der Waals surface area contributed by atoms with Gasteiger partial charge in [0.25, 0.3) is 0 Å². The van der Waals surface area contributed by atoms with Crippen molar-refractivity contribution in [3.05, 3.63) is 51.4 Å². The van der Waals surface area contributed by atoms with Crippen molar-refractivity contribution >= 4 is 75.5 Å². The Morgan fingerprint density at radius 2 is 1.20 bits per heavy atom. The van der Waals surface area contributed by atoms with Crippen LogP contribution in [0.3, 0.4) is 0 Å². The van der Waals surface area contributed by atoms with Crippen molar-refractivity contribution in [3.8, 4) is 5.75 Å². The van der Waals surface area contributed by atoms with Gasteiger partial charge in [-0.15, -0.1) is 0 Å². The van der Waals surface area contributed by atoms with Crippen molar-refractivity contribution in [2.24, 2.45) is 11.5 Å². The van der Waals surface area contributed by atoms with Gasteiger partial charge in [0.1, 0.15) is 0 Å². The molecule has 0 spiro atoms. The first-order chi connectivity index (χ1) is 14.6. The predicted molar refractivity (Wildman–Crippen MR) is 133 cm³/mol. The lowest BCUT2D eigenvalue weighted by molar-refractivity contribution is 0.420. The van der Waals surface area contributed by atoms with Gasteiger partial charge in [-0.3, -0.25) is 0 Å². The number of rotatable bonds is 5. The molecule has 3 aromatic carbocycles. The first-order valence-corrected chi connectivity index (χ1v) is 11.5. The quantitative estimate of drug-likeness (QED) is 0.322. The molecule has 0 saturated carbocycles. The summed E-state index contributed by atoms with van der Waals surface area (Å²) < 4.78 is 12.7. The highest BCUT2D eigenvalue weighted by Gasteiger charge is 2.22. The summed E-state index contributed by atoms with van der Waals surface area (Å²) in [6, 6.07) is 15.1. The fraction of sp³-hybridized carbons (Fsp3) is 0.217. The summed E-state index contributed by atoms with van der Waals surface area (Å²) in [6.07, 6.45) is 0. The molecular formula is C23H22Br2N4O. The SMILES string of the molecule is COc1c2c(cc3c4cc(Br)ccc4n(CCN)c13)c1cc(Br)ccc1n2CCN. The smallest absolute Gasteiger partial charge is 0.167 e. The molecule has 2 aromatic heterocycles.